The maximum Gasteiger partial charge on any atom is 0.271 e. The van der Waals surface area contributed by atoms with E-state index in [0.717, 1.165) is 11.3 Å². The molecule has 124 valence electrons. The van der Waals surface area contributed by atoms with E-state index >= 15 is 0 Å². The van der Waals surface area contributed by atoms with E-state index in [1.165, 1.54) is 33.3 Å². The molecule has 9 heteroatoms. The molecule has 0 aliphatic rings. The number of anilines is 1. The van der Waals surface area contributed by atoms with Crippen molar-refractivity contribution in [1.82, 2.24) is 19.4 Å². The molecule has 1 amide bonds. The highest BCUT2D eigenvalue weighted by Crippen LogP contribution is 2.24. The second-order valence-corrected chi connectivity index (χ2v) is 6.90. The molecule has 0 unspecified atom stereocenters. The number of nitrogens with one attached hydrogen (secondary N) is 1. The Kier molecular flexibility index (Phi) is 3.86. The number of thiazole rings is 2. The first-order chi connectivity index (χ1) is 12.1. The highest BCUT2D eigenvalue weighted by molar-refractivity contribution is 7.15. The van der Waals surface area contributed by atoms with Crippen molar-refractivity contribution in [1.29, 1.82) is 0 Å². The van der Waals surface area contributed by atoms with Gasteiger partial charge in [0.05, 0.1) is 5.69 Å². The number of amides is 1. The van der Waals surface area contributed by atoms with Gasteiger partial charge in [0.1, 0.15) is 5.56 Å². The molecule has 0 radical (unpaired) electrons. The first-order valence-corrected chi connectivity index (χ1v) is 9.02. The number of carbonyl (C=O) groups is 1. The number of fused-ring (bicyclic) bond motifs is 1. The summed E-state index contributed by atoms with van der Waals surface area (Å²) in [5.74, 6) is -0.524. The minimum absolute atomic E-state index is 0.0165. The predicted molar refractivity (Wildman–Crippen MR) is 97.4 cm³/mol. The van der Waals surface area contributed by atoms with E-state index in [2.05, 4.69) is 20.3 Å². The highest BCUT2D eigenvalue weighted by Gasteiger charge is 2.16. The van der Waals surface area contributed by atoms with Crippen LogP contribution in [0.25, 0.3) is 16.2 Å². The van der Waals surface area contributed by atoms with Gasteiger partial charge in [-0.15, -0.1) is 22.7 Å². The summed E-state index contributed by atoms with van der Waals surface area (Å²) in [6.07, 6.45) is 4.68. The number of pyridine rings is 1. The standard InChI is InChI=1S/C16H11N5O2S2/c1-9-7-25-16-18-6-11(14(23)21(9)16)13(22)20-15-19-12(8-24-15)10-3-2-4-17-5-10/h2-8H,1H3,(H,19,20,22). The van der Waals surface area contributed by atoms with Crippen LogP contribution in [0.2, 0.25) is 0 Å². The Morgan fingerprint density at radius 2 is 2.12 bits per heavy atom. The monoisotopic (exact) mass is 369 g/mol. The number of aryl methyl sites for hydroxylation is 1. The Labute approximate surface area is 149 Å². The van der Waals surface area contributed by atoms with Crippen molar-refractivity contribution in [2.45, 2.75) is 6.92 Å². The van der Waals surface area contributed by atoms with Gasteiger partial charge in [-0.25, -0.2) is 9.97 Å². The van der Waals surface area contributed by atoms with E-state index in [-0.39, 0.29) is 11.1 Å². The van der Waals surface area contributed by atoms with Crippen molar-refractivity contribution >= 4 is 38.7 Å². The Bertz CT molecular complexity index is 1130. The molecule has 1 N–H and O–H groups in total. The van der Waals surface area contributed by atoms with Gasteiger partial charge in [-0.05, 0) is 19.1 Å². The van der Waals surface area contributed by atoms with Crippen LogP contribution in [-0.4, -0.2) is 25.3 Å². The Hall–Kier alpha value is -2.91. The summed E-state index contributed by atoms with van der Waals surface area (Å²) in [4.78, 5) is 38.1. The van der Waals surface area contributed by atoms with Crippen molar-refractivity contribution < 1.29 is 4.79 Å². The summed E-state index contributed by atoms with van der Waals surface area (Å²) >= 11 is 2.64. The molecular weight excluding hydrogens is 358 g/mol. The molecule has 7 nitrogen and oxygen atoms in total. The zero-order valence-electron chi connectivity index (χ0n) is 13.0. The van der Waals surface area contributed by atoms with Crippen LogP contribution in [0.1, 0.15) is 16.1 Å². The smallest absolute Gasteiger partial charge is 0.271 e. The second kappa shape index (κ2) is 6.19. The fourth-order valence-electron chi connectivity index (χ4n) is 2.32. The molecule has 0 saturated carbocycles. The molecule has 4 aromatic rings. The molecule has 0 bridgehead atoms. The van der Waals surface area contributed by atoms with Gasteiger partial charge in [-0.3, -0.25) is 24.3 Å². The lowest BCUT2D eigenvalue weighted by atomic mass is 10.2. The third kappa shape index (κ3) is 2.83. The largest absolute Gasteiger partial charge is 0.298 e. The van der Waals surface area contributed by atoms with Crippen molar-refractivity contribution in [3.8, 4) is 11.3 Å². The van der Waals surface area contributed by atoms with Crippen LogP contribution < -0.4 is 10.9 Å². The van der Waals surface area contributed by atoms with Gasteiger partial charge in [0.15, 0.2) is 10.1 Å². The normalized spacial score (nSPS) is 10.9. The van der Waals surface area contributed by atoms with Crippen molar-refractivity contribution in [2.24, 2.45) is 0 Å². The molecule has 4 rings (SSSR count). The summed E-state index contributed by atoms with van der Waals surface area (Å²) in [7, 11) is 0. The zero-order valence-corrected chi connectivity index (χ0v) is 14.6. The average molecular weight is 369 g/mol. The van der Waals surface area contributed by atoms with Gasteiger partial charge in [-0.1, -0.05) is 0 Å². The number of carbonyl (C=O) groups excluding carboxylic acids is 1. The number of rotatable bonds is 3. The first-order valence-electron chi connectivity index (χ1n) is 7.26. The first kappa shape index (κ1) is 15.6. The van der Waals surface area contributed by atoms with E-state index in [4.69, 9.17) is 0 Å². The number of hydrogen-bond donors (Lipinski definition) is 1. The molecule has 0 fully saturated rings. The third-order valence-electron chi connectivity index (χ3n) is 3.54. The van der Waals surface area contributed by atoms with Crippen LogP contribution >= 0.6 is 22.7 Å². The van der Waals surface area contributed by atoms with Crippen molar-refractivity contribution in [3.05, 3.63) is 63.1 Å². The van der Waals surface area contributed by atoms with Gasteiger partial charge in [0.25, 0.3) is 11.5 Å². The lowest BCUT2D eigenvalue weighted by molar-refractivity contribution is 0.102. The van der Waals surface area contributed by atoms with Crippen LogP contribution in [0, 0.1) is 6.92 Å². The fourth-order valence-corrected chi connectivity index (χ4v) is 3.87. The van der Waals surface area contributed by atoms with Crippen molar-refractivity contribution in [2.75, 3.05) is 5.32 Å². The number of nitrogens with zero attached hydrogens (tertiary/aromatic N) is 4. The van der Waals surface area contributed by atoms with Gasteiger partial charge in [-0.2, -0.15) is 0 Å². The quantitative estimate of drug-likeness (QED) is 0.600. The molecule has 0 aromatic carbocycles. The highest BCUT2D eigenvalue weighted by atomic mass is 32.1. The zero-order chi connectivity index (χ0) is 17.4. The molecule has 25 heavy (non-hydrogen) atoms. The minimum Gasteiger partial charge on any atom is -0.298 e. The van der Waals surface area contributed by atoms with Gasteiger partial charge >= 0.3 is 0 Å². The third-order valence-corrected chi connectivity index (χ3v) is 5.26. The molecule has 0 saturated heterocycles. The Balaban J connectivity index is 1.63. The van der Waals surface area contributed by atoms with Gasteiger partial charge in [0.2, 0.25) is 0 Å². The molecule has 0 aliphatic heterocycles. The van der Waals surface area contributed by atoms with Crippen LogP contribution in [0.5, 0.6) is 0 Å². The maximum atomic E-state index is 12.5. The molecule has 0 aliphatic carbocycles. The van der Waals surface area contributed by atoms with Gasteiger partial charge in [0, 0.05) is 40.6 Å². The minimum atomic E-state index is -0.524. The lowest BCUT2D eigenvalue weighted by Gasteiger charge is -2.02. The number of aromatic nitrogens is 4. The Morgan fingerprint density at radius 3 is 2.92 bits per heavy atom. The van der Waals surface area contributed by atoms with E-state index in [9.17, 15) is 9.59 Å². The fraction of sp³-hybridized carbons (Fsp3) is 0.0625. The Morgan fingerprint density at radius 1 is 1.24 bits per heavy atom. The SMILES string of the molecule is Cc1csc2ncc(C(=O)Nc3nc(-c4cccnc4)cs3)c(=O)n12. The summed E-state index contributed by atoms with van der Waals surface area (Å²) in [5.41, 5.74) is 1.92. The lowest BCUT2D eigenvalue weighted by Crippen LogP contribution is -2.26. The second-order valence-electron chi connectivity index (χ2n) is 5.21. The molecule has 4 aromatic heterocycles. The maximum absolute atomic E-state index is 12.5. The van der Waals surface area contributed by atoms with Crippen molar-refractivity contribution in [3.63, 3.8) is 0 Å². The summed E-state index contributed by atoms with van der Waals surface area (Å²) < 4.78 is 1.43. The summed E-state index contributed by atoms with van der Waals surface area (Å²) in [6, 6.07) is 3.70. The van der Waals surface area contributed by atoms with E-state index < -0.39 is 5.91 Å². The number of hydrogen-bond acceptors (Lipinski definition) is 7. The van der Waals surface area contributed by atoms with Crippen LogP contribution in [0.3, 0.4) is 0 Å². The van der Waals surface area contributed by atoms with Gasteiger partial charge < -0.3 is 0 Å². The summed E-state index contributed by atoms with van der Waals surface area (Å²) in [6.45, 7) is 1.80. The molecule has 0 atom stereocenters. The van der Waals surface area contributed by atoms with Crippen LogP contribution in [0.4, 0.5) is 5.13 Å². The average Bonchev–Trinajstić information content (AvgIpc) is 3.23. The van der Waals surface area contributed by atoms with E-state index in [1.54, 1.807) is 19.3 Å². The van der Waals surface area contributed by atoms with Crippen LogP contribution in [-0.2, 0) is 0 Å². The predicted octanol–water partition coefficient (Wildman–Crippen LogP) is 2.84. The van der Waals surface area contributed by atoms with E-state index in [0.29, 0.717) is 15.8 Å². The molecule has 4 heterocycles. The molecule has 0 spiro atoms. The molecular formula is C16H11N5O2S2. The van der Waals surface area contributed by atoms with Crippen LogP contribution in [0.15, 0.2) is 46.3 Å². The topological polar surface area (TPSA) is 89.2 Å². The summed E-state index contributed by atoms with van der Waals surface area (Å²) in [5, 5.41) is 6.73. The van der Waals surface area contributed by atoms with E-state index in [1.807, 2.05) is 22.9 Å².